The first-order valence-electron chi connectivity index (χ1n) is 7.23. The molecule has 1 unspecified atom stereocenters. The number of amides is 2. The third kappa shape index (κ3) is 6.75. The summed E-state index contributed by atoms with van der Waals surface area (Å²) >= 11 is 0. The fourth-order valence-corrected chi connectivity index (χ4v) is 2.37. The number of carboxylic acid groups (broad SMARTS) is 1. The van der Waals surface area contributed by atoms with E-state index < -0.39 is 5.97 Å². The molecular formula is C14H27N3O3. The quantitative estimate of drug-likeness (QED) is 0.658. The molecule has 0 aromatic heterocycles. The van der Waals surface area contributed by atoms with E-state index in [-0.39, 0.29) is 23.9 Å². The predicted octanol–water partition coefficient (Wildman–Crippen LogP) is 1.27. The summed E-state index contributed by atoms with van der Waals surface area (Å²) in [5.41, 5.74) is -0.0702. The number of nitrogens with zero attached hydrogens (tertiary/aromatic N) is 1. The van der Waals surface area contributed by atoms with Crippen LogP contribution >= 0.6 is 0 Å². The van der Waals surface area contributed by atoms with Crippen LogP contribution in [0.25, 0.3) is 0 Å². The number of carbonyl (C=O) groups is 2. The molecule has 0 spiro atoms. The lowest BCUT2D eigenvalue weighted by atomic mass is 9.84. The Kier molecular flexibility index (Phi) is 6.26. The first-order valence-corrected chi connectivity index (χ1v) is 7.23. The van der Waals surface area contributed by atoms with E-state index >= 15 is 0 Å². The maximum atomic E-state index is 11.7. The highest BCUT2D eigenvalue weighted by molar-refractivity contribution is 5.74. The van der Waals surface area contributed by atoms with Gasteiger partial charge in [0.05, 0.1) is 0 Å². The molecule has 20 heavy (non-hydrogen) atoms. The molecule has 0 aromatic rings. The van der Waals surface area contributed by atoms with Crippen LogP contribution in [0.4, 0.5) is 4.79 Å². The summed E-state index contributed by atoms with van der Waals surface area (Å²) in [4.78, 5) is 24.5. The highest BCUT2D eigenvalue weighted by atomic mass is 16.4. The maximum absolute atomic E-state index is 11.7. The summed E-state index contributed by atoms with van der Waals surface area (Å²) in [5.74, 6) is -0.769. The summed E-state index contributed by atoms with van der Waals surface area (Å²) in [5, 5.41) is 14.5. The zero-order chi connectivity index (χ0) is 15.2. The zero-order valence-corrected chi connectivity index (χ0v) is 12.7. The largest absolute Gasteiger partial charge is 0.481 e. The Morgan fingerprint density at radius 1 is 1.35 bits per heavy atom. The summed E-state index contributed by atoms with van der Waals surface area (Å²) in [6.45, 7) is 6.55. The number of aliphatic carboxylic acids is 1. The summed E-state index contributed by atoms with van der Waals surface area (Å²) in [6.07, 6.45) is 2.57. The first kappa shape index (κ1) is 16.8. The van der Waals surface area contributed by atoms with E-state index in [1.54, 1.807) is 0 Å². The van der Waals surface area contributed by atoms with Crippen LogP contribution in [0.5, 0.6) is 0 Å². The lowest BCUT2D eigenvalue weighted by molar-refractivity contribution is -0.137. The fourth-order valence-electron chi connectivity index (χ4n) is 2.37. The van der Waals surface area contributed by atoms with Crippen molar-refractivity contribution in [2.24, 2.45) is 5.41 Å². The number of hydrogen-bond donors (Lipinski definition) is 3. The number of likely N-dealkylation sites (tertiary alicyclic amines) is 1. The van der Waals surface area contributed by atoms with Gasteiger partial charge in [-0.05, 0) is 38.3 Å². The van der Waals surface area contributed by atoms with Crippen molar-refractivity contribution < 1.29 is 14.7 Å². The number of nitrogens with one attached hydrogen (secondary N) is 2. The Balaban J connectivity index is 2.16. The second-order valence-electron chi connectivity index (χ2n) is 6.46. The minimum absolute atomic E-state index is 0.0702. The van der Waals surface area contributed by atoms with Crippen molar-refractivity contribution in [1.29, 1.82) is 0 Å². The van der Waals surface area contributed by atoms with Crippen LogP contribution in [0.3, 0.4) is 0 Å². The van der Waals surface area contributed by atoms with Gasteiger partial charge in [0.15, 0.2) is 0 Å². The SMILES string of the molecule is CN1CCC(NC(=O)NCCC(C)(C)CCC(=O)O)C1. The van der Waals surface area contributed by atoms with Gasteiger partial charge < -0.3 is 20.6 Å². The first-order chi connectivity index (χ1) is 9.28. The second-order valence-corrected chi connectivity index (χ2v) is 6.46. The van der Waals surface area contributed by atoms with Crippen LogP contribution in [0.1, 0.15) is 39.5 Å². The average Bonchev–Trinajstić information content (AvgIpc) is 2.72. The van der Waals surface area contributed by atoms with Gasteiger partial charge in [0, 0.05) is 25.6 Å². The van der Waals surface area contributed by atoms with Crippen LogP contribution in [0.15, 0.2) is 0 Å². The van der Waals surface area contributed by atoms with Gasteiger partial charge in [-0.25, -0.2) is 4.79 Å². The van der Waals surface area contributed by atoms with Gasteiger partial charge in [-0.15, -0.1) is 0 Å². The van der Waals surface area contributed by atoms with Crippen LogP contribution in [-0.4, -0.2) is 54.7 Å². The molecule has 1 saturated heterocycles. The van der Waals surface area contributed by atoms with Crippen LogP contribution in [0.2, 0.25) is 0 Å². The Labute approximate surface area is 120 Å². The van der Waals surface area contributed by atoms with E-state index in [9.17, 15) is 9.59 Å². The van der Waals surface area contributed by atoms with Crippen molar-refractivity contribution in [1.82, 2.24) is 15.5 Å². The Bertz CT molecular complexity index is 345. The average molecular weight is 285 g/mol. The number of rotatable bonds is 7. The van der Waals surface area contributed by atoms with Gasteiger partial charge in [0.1, 0.15) is 0 Å². The van der Waals surface area contributed by atoms with E-state index in [0.717, 1.165) is 25.9 Å². The van der Waals surface area contributed by atoms with E-state index in [1.165, 1.54) is 0 Å². The molecule has 3 N–H and O–H groups in total. The predicted molar refractivity (Wildman–Crippen MR) is 77.7 cm³/mol. The van der Waals surface area contributed by atoms with E-state index in [2.05, 4.69) is 15.5 Å². The molecule has 1 heterocycles. The molecule has 1 aliphatic rings. The van der Waals surface area contributed by atoms with Gasteiger partial charge in [0.25, 0.3) is 0 Å². The lowest BCUT2D eigenvalue weighted by Crippen LogP contribution is -2.43. The van der Waals surface area contributed by atoms with Gasteiger partial charge >= 0.3 is 12.0 Å². The number of hydrogen-bond acceptors (Lipinski definition) is 3. The van der Waals surface area contributed by atoms with Gasteiger partial charge in [-0.1, -0.05) is 13.8 Å². The van der Waals surface area contributed by atoms with Crippen molar-refractivity contribution in [2.45, 2.75) is 45.6 Å². The minimum Gasteiger partial charge on any atom is -0.481 e. The number of carboxylic acids is 1. The molecule has 1 aliphatic heterocycles. The van der Waals surface area contributed by atoms with Gasteiger partial charge in [-0.2, -0.15) is 0 Å². The van der Waals surface area contributed by atoms with E-state index in [0.29, 0.717) is 13.0 Å². The van der Waals surface area contributed by atoms with Gasteiger partial charge in [0.2, 0.25) is 0 Å². The Hall–Kier alpha value is -1.30. The smallest absolute Gasteiger partial charge is 0.315 e. The van der Waals surface area contributed by atoms with Crippen molar-refractivity contribution in [3.63, 3.8) is 0 Å². The number of carbonyl (C=O) groups excluding carboxylic acids is 1. The monoisotopic (exact) mass is 285 g/mol. The molecule has 1 fully saturated rings. The summed E-state index contributed by atoms with van der Waals surface area (Å²) in [6, 6.07) is 0.111. The molecule has 2 amide bonds. The molecule has 116 valence electrons. The van der Waals surface area contributed by atoms with Crippen molar-refractivity contribution >= 4 is 12.0 Å². The molecule has 1 atom stereocenters. The third-order valence-electron chi connectivity index (χ3n) is 3.83. The molecule has 1 rings (SSSR count). The van der Waals surface area contributed by atoms with E-state index in [4.69, 9.17) is 5.11 Å². The molecule has 0 aromatic carbocycles. The molecule has 6 nitrogen and oxygen atoms in total. The van der Waals surface area contributed by atoms with Crippen molar-refractivity contribution in [3.05, 3.63) is 0 Å². The van der Waals surface area contributed by atoms with Gasteiger partial charge in [-0.3, -0.25) is 4.79 Å². The lowest BCUT2D eigenvalue weighted by Gasteiger charge is -2.24. The highest BCUT2D eigenvalue weighted by Gasteiger charge is 2.22. The topological polar surface area (TPSA) is 81.7 Å². The Morgan fingerprint density at radius 3 is 2.60 bits per heavy atom. The highest BCUT2D eigenvalue weighted by Crippen LogP contribution is 2.25. The minimum atomic E-state index is -0.769. The van der Waals surface area contributed by atoms with Crippen LogP contribution in [0, 0.1) is 5.41 Å². The van der Waals surface area contributed by atoms with Crippen molar-refractivity contribution in [2.75, 3.05) is 26.7 Å². The molecule has 0 bridgehead atoms. The summed E-state index contributed by atoms with van der Waals surface area (Å²) in [7, 11) is 2.05. The number of urea groups is 1. The van der Waals surface area contributed by atoms with Crippen molar-refractivity contribution in [3.8, 4) is 0 Å². The second kappa shape index (κ2) is 7.47. The normalized spacial score (nSPS) is 19.9. The van der Waals surface area contributed by atoms with Crippen LogP contribution < -0.4 is 10.6 Å². The molecule has 6 heteroatoms. The Morgan fingerprint density at radius 2 is 2.05 bits per heavy atom. The van der Waals surface area contributed by atoms with E-state index in [1.807, 2.05) is 20.9 Å². The summed E-state index contributed by atoms with van der Waals surface area (Å²) < 4.78 is 0. The molecular weight excluding hydrogens is 258 g/mol. The molecule has 0 aliphatic carbocycles. The van der Waals surface area contributed by atoms with Crippen LogP contribution in [-0.2, 0) is 4.79 Å². The third-order valence-corrected chi connectivity index (χ3v) is 3.83. The molecule has 0 saturated carbocycles. The molecule has 0 radical (unpaired) electrons. The fraction of sp³-hybridized carbons (Fsp3) is 0.857. The standard InChI is InChI=1S/C14H27N3O3/c1-14(2,6-4-12(18)19)7-8-15-13(20)16-11-5-9-17(3)10-11/h11H,4-10H2,1-3H3,(H,18,19)(H2,15,16,20). The number of likely N-dealkylation sites (N-methyl/N-ethyl adjacent to an activating group) is 1. The zero-order valence-electron chi connectivity index (χ0n) is 12.7. The maximum Gasteiger partial charge on any atom is 0.315 e.